The lowest BCUT2D eigenvalue weighted by Crippen LogP contribution is -2.49. The predicted molar refractivity (Wildman–Crippen MR) is 107 cm³/mol. The van der Waals surface area contributed by atoms with Crippen molar-refractivity contribution in [3.05, 3.63) is 28.8 Å². The van der Waals surface area contributed by atoms with Crippen LogP contribution in [0.1, 0.15) is 51.0 Å². The van der Waals surface area contributed by atoms with Crippen LogP contribution in [-0.4, -0.2) is 37.8 Å². The standard InChI is InChI=1S/C20H29ClN2O3S/c1-14-9-10-17(12-18(14)21)27(25,26)23-11-5-7-16(13-23)20(24)22-19-8-4-3-6-15(19)2/h9-10,12,15-16,19H,3-8,11,13H2,1-2H3,(H,22,24)/t15-,16+,19+/m1/s1. The molecule has 2 aliphatic rings. The molecule has 1 N–H and O–H groups in total. The molecule has 1 aromatic carbocycles. The van der Waals surface area contributed by atoms with E-state index in [0.717, 1.165) is 31.2 Å². The van der Waals surface area contributed by atoms with Crippen molar-refractivity contribution in [2.24, 2.45) is 11.8 Å². The van der Waals surface area contributed by atoms with Gasteiger partial charge in [-0.1, -0.05) is 37.4 Å². The molecule has 1 aliphatic carbocycles. The molecule has 2 fully saturated rings. The van der Waals surface area contributed by atoms with E-state index in [-0.39, 0.29) is 29.3 Å². The zero-order valence-corrected chi connectivity index (χ0v) is 17.7. The largest absolute Gasteiger partial charge is 0.353 e. The van der Waals surface area contributed by atoms with Crippen LogP contribution in [0.3, 0.4) is 0 Å². The van der Waals surface area contributed by atoms with Gasteiger partial charge in [-0.3, -0.25) is 4.79 Å². The van der Waals surface area contributed by atoms with Crippen molar-refractivity contribution < 1.29 is 13.2 Å². The van der Waals surface area contributed by atoms with Crippen molar-refractivity contribution in [1.29, 1.82) is 0 Å². The Kier molecular flexibility index (Phi) is 6.49. The van der Waals surface area contributed by atoms with Gasteiger partial charge in [0, 0.05) is 24.2 Å². The van der Waals surface area contributed by atoms with E-state index in [1.54, 1.807) is 12.1 Å². The highest BCUT2D eigenvalue weighted by Crippen LogP contribution is 2.28. The fourth-order valence-corrected chi connectivity index (χ4v) is 5.88. The topological polar surface area (TPSA) is 66.5 Å². The zero-order valence-electron chi connectivity index (χ0n) is 16.1. The zero-order chi connectivity index (χ0) is 19.6. The fraction of sp³-hybridized carbons (Fsp3) is 0.650. The number of carbonyl (C=O) groups excluding carboxylic acids is 1. The van der Waals surface area contributed by atoms with Crippen molar-refractivity contribution >= 4 is 27.5 Å². The van der Waals surface area contributed by atoms with Gasteiger partial charge in [-0.25, -0.2) is 8.42 Å². The maximum atomic E-state index is 13.0. The van der Waals surface area contributed by atoms with Crippen LogP contribution < -0.4 is 5.32 Å². The maximum Gasteiger partial charge on any atom is 0.243 e. The molecule has 1 saturated heterocycles. The van der Waals surface area contributed by atoms with Crippen LogP contribution in [0.15, 0.2) is 23.1 Å². The normalized spacial score (nSPS) is 27.3. The quantitative estimate of drug-likeness (QED) is 0.818. The molecule has 3 rings (SSSR count). The Balaban J connectivity index is 1.69. The Hall–Kier alpha value is -1.11. The highest BCUT2D eigenvalue weighted by Gasteiger charge is 2.34. The van der Waals surface area contributed by atoms with Gasteiger partial charge in [-0.15, -0.1) is 0 Å². The Morgan fingerprint density at radius 3 is 2.63 bits per heavy atom. The summed E-state index contributed by atoms with van der Waals surface area (Å²) in [5.74, 6) is 0.194. The van der Waals surface area contributed by atoms with Crippen LogP contribution in [0.25, 0.3) is 0 Å². The summed E-state index contributed by atoms with van der Waals surface area (Å²) in [5, 5.41) is 3.62. The summed E-state index contributed by atoms with van der Waals surface area (Å²) in [6, 6.07) is 5.02. The van der Waals surface area contributed by atoms with Gasteiger partial charge in [-0.2, -0.15) is 4.31 Å². The second-order valence-corrected chi connectivity index (χ2v) is 10.3. The summed E-state index contributed by atoms with van der Waals surface area (Å²) in [6.07, 6.45) is 5.95. The van der Waals surface area contributed by atoms with Crippen molar-refractivity contribution in [3.8, 4) is 0 Å². The summed E-state index contributed by atoms with van der Waals surface area (Å²) in [4.78, 5) is 13.0. The van der Waals surface area contributed by atoms with E-state index in [1.165, 1.54) is 16.8 Å². The monoisotopic (exact) mass is 412 g/mol. The summed E-state index contributed by atoms with van der Waals surface area (Å²) in [6.45, 7) is 4.70. The molecule has 5 nitrogen and oxygen atoms in total. The summed E-state index contributed by atoms with van der Waals surface area (Å²) < 4.78 is 27.4. The van der Waals surface area contributed by atoms with E-state index in [1.807, 2.05) is 6.92 Å². The number of piperidine rings is 1. The SMILES string of the molecule is Cc1ccc(S(=O)(=O)N2CCC[C@H](C(=O)N[C@H]3CCCC[C@H]3C)C2)cc1Cl. The average molecular weight is 413 g/mol. The lowest BCUT2D eigenvalue weighted by atomic mass is 9.85. The Labute approximate surface area is 167 Å². The number of nitrogens with one attached hydrogen (secondary N) is 1. The molecule has 0 aromatic heterocycles. The van der Waals surface area contributed by atoms with Gasteiger partial charge in [0.05, 0.1) is 10.8 Å². The predicted octanol–water partition coefficient (Wildman–Crippen LogP) is 3.74. The van der Waals surface area contributed by atoms with Gasteiger partial charge in [0.25, 0.3) is 0 Å². The molecule has 27 heavy (non-hydrogen) atoms. The van der Waals surface area contributed by atoms with Crippen LogP contribution in [0, 0.1) is 18.8 Å². The van der Waals surface area contributed by atoms with E-state index >= 15 is 0 Å². The first kappa shape index (κ1) is 20.6. The molecule has 3 atom stereocenters. The molecular formula is C20H29ClN2O3S. The van der Waals surface area contributed by atoms with Crippen molar-refractivity contribution in [2.75, 3.05) is 13.1 Å². The lowest BCUT2D eigenvalue weighted by Gasteiger charge is -2.34. The molecular weight excluding hydrogens is 384 g/mol. The van der Waals surface area contributed by atoms with Gasteiger partial charge in [-0.05, 0) is 56.2 Å². The average Bonchev–Trinajstić information content (AvgIpc) is 2.65. The summed E-state index contributed by atoms with van der Waals surface area (Å²) in [7, 11) is -3.64. The van der Waals surface area contributed by atoms with E-state index < -0.39 is 10.0 Å². The molecule has 150 valence electrons. The summed E-state index contributed by atoms with van der Waals surface area (Å²) >= 11 is 6.11. The Morgan fingerprint density at radius 1 is 1.19 bits per heavy atom. The third-order valence-corrected chi connectivity index (χ3v) is 8.24. The molecule has 1 heterocycles. The highest BCUT2D eigenvalue weighted by molar-refractivity contribution is 7.89. The summed E-state index contributed by atoms with van der Waals surface area (Å²) in [5.41, 5.74) is 0.841. The third kappa shape index (κ3) is 4.66. The van der Waals surface area contributed by atoms with Gasteiger partial charge in [0.2, 0.25) is 15.9 Å². The number of carbonyl (C=O) groups is 1. The molecule has 0 radical (unpaired) electrons. The first-order chi connectivity index (χ1) is 12.8. The Morgan fingerprint density at radius 2 is 1.93 bits per heavy atom. The van der Waals surface area contributed by atoms with Crippen LogP contribution in [-0.2, 0) is 14.8 Å². The first-order valence-corrected chi connectivity index (χ1v) is 11.7. The van der Waals surface area contributed by atoms with Gasteiger partial charge in [0.15, 0.2) is 0 Å². The van der Waals surface area contributed by atoms with Crippen LogP contribution in [0.2, 0.25) is 5.02 Å². The van der Waals surface area contributed by atoms with Crippen LogP contribution >= 0.6 is 11.6 Å². The number of hydrogen-bond donors (Lipinski definition) is 1. The third-order valence-electron chi connectivity index (χ3n) is 5.98. The van der Waals surface area contributed by atoms with E-state index in [0.29, 0.717) is 23.9 Å². The molecule has 1 amide bonds. The van der Waals surface area contributed by atoms with Crippen molar-refractivity contribution in [2.45, 2.75) is 63.3 Å². The smallest absolute Gasteiger partial charge is 0.243 e. The number of halogens is 1. The van der Waals surface area contributed by atoms with Gasteiger partial charge in [0.1, 0.15) is 0 Å². The second kappa shape index (κ2) is 8.50. The van der Waals surface area contributed by atoms with Crippen LogP contribution in [0.5, 0.6) is 0 Å². The highest BCUT2D eigenvalue weighted by atomic mass is 35.5. The number of aryl methyl sites for hydroxylation is 1. The minimum absolute atomic E-state index is 0.00408. The van der Waals surface area contributed by atoms with E-state index in [9.17, 15) is 13.2 Å². The molecule has 0 unspecified atom stereocenters. The molecule has 0 bridgehead atoms. The number of benzene rings is 1. The van der Waals surface area contributed by atoms with Gasteiger partial charge < -0.3 is 5.32 Å². The minimum Gasteiger partial charge on any atom is -0.353 e. The lowest BCUT2D eigenvalue weighted by molar-refractivity contribution is -0.127. The molecule has 1 saturated carbocycles. The molecule has 1 aliphatic heterocycles. The minimum atomic E-state index is -3.64. The van der Waals surface area contributed by atoms with Gasteiger partial charge >= 0.3 is 0 Å². The first-order valence-electron chi connectivity index (χ1n) is 9.85. The fourth-order valence-electron chi connectivity index (χ4n) is 4.09. The number of rotatable bonds is 4. The number of sulfonamides is 1. The molecule has 1 aromatic rings. The Bertz CT molecular complexity index is 796. The number of hydrogen-bond acceptors (Lipinski definition) is 3. The molecule has 7 heteroatoms. The van der Waals surface area contributed by atoms with Crippen LogP contribution in [0.4, 0.5) is 0 Å². The van der Waals surface area contributed by atoms with E-state index in [2.05, 4.69) is 12.2 Å². The number of nitrogens with zero attached hydrogens (tertiary/aromatic N) is 1. The molecule has 0 spiro atoms. The van der Waals surface area contributed by atoms with E-state index in [4.69, 9.17) is 11.6 Å². The maximum absolute atomic E-state index is 13.0. The number of amides is 1. The van der Waals surface area contributed by atoms with Crippen molar-refractivity contribution in [1.82, 2.24) is 9.62 Å². The second-order valence-electron chi connectivity index (χ2n) is 7.99. The van der Waals surface area contributed by atoms with Crippen molar-refractivity contribution in [3.63, 3.8) is 0 Å².